The number of benzene rings is 1. The summed E-state index contributed by atoms with van der Waals surface area (Å²) in [4.78, 5) is 18.0. The zero-order valence-electron chi connectivity index (χ0n) is 10.6. The molecule has 1 aromatic carbocycles. The van der Waals surface area contributed by atoms with Crippen LogP contribution in [-0.4, -0.2) is 10.9 Å². The maximum Gasteiger partial charge on any atom is 0.259 e. The van der Waals surface area contributed by atoms with E-state index >= 15 is 0 Å². The first kappa shape index (κ1) is 13.4. The number of nitrogens with two attached hydrogens (primary N) is 1. The number of hydrazine groups is 1. The number of anilines is 2. The minimum atomic E-state index is -0.270. The average Bonchev–Trinajstić information content (AvgIpc) is 2.99. The molecule has 0 bridgehead atoms. The van der Waals surface area contributed by atoms with Crippen LogP contribution in [0.3, 0.4) is 0 Å². The lowest BCUT2D eigenvalue weighted by Gasteiger charge is -2.08. The Morgan fingerprint density at radius 2 is 2.25 bits per heavy atom. The van der Waals surface area contributed by atoms with Gasteiger partial charge in [-0.25, -0.2) is 4.98 Å². The number of carbonyl (C=O) groups excluding carboxylic acids is 1. The van der Waals surface area contributed by atoms with Crippen molar-refractivity contribution in [2.24, 2.45) is 5.84 Å². The number of aryl methyl sites for hydroxylation is 2. The number of nitrogens with zero attached hydrogens (tertiary/aromatic N) is 1. The molecule has 0 atom stereocenters. The van der Waals surface area contributed by atoms with Crippen molar-refractivity contribution < 1.29 is 4.79 Å². The molecule has 0 saturated carbocycles. The van der Waals surface area contributed by atoms with Crippen molar-refractivity contribution >= 4 is 39.7 Å². The topological polar surface area (TPSA) is 80.0 Å². The molecule has 0 aliphatic heterocycles. The van der Waals surface area contributed by atoms with Crippen LogP contribution < -0.4 is 16.6 Å². The van der Waals surface area contributed by atoms with Gasteiger partial charge in [0.1, 0.15) is 0 Å². The highest BCUT2D eigenvalue weighted by Gasteiger charge is 2.19. The van der Waals surface area contributed by atoms with Crippen LogP contribution in [0, 0.1) is 0 Å². The van der Waals surface area contributed by atoms with Crippen molar-refractivity contribution in [2.75, 3.05) is 10.7 Å². The third-order valence-electron chi connectivity index (χ3n) is 3.20. The fourth-order valence-electron chi connectivity index (χ4n) is 2.24. The molecule has 1 amide bonds. The maximum absolute atomic E-state index is 12.3. The van der Waals surface area contributed by atoms with Crippen LogP contribution in [0.15, 0.2) is 18.2 Å². The number of fused-ring (bicyclic) bond motifs is 1. The Balaban J connectivity index is 1.83. The predicted molar refractivity (Wildman–Crippen MR) is 81.4 cm³/mol. The number of carbonyl (C=O) groups is 1. The van der Waals surface area contributed by atoms with Gasteiger partial charge in [0, 0.05) is 9.90 Å². The fourth-order valence-corrected chi connectivity index (χ4v) is 3.46. The summed E-state index contributed by atoms with van der Waals surface area (Å²) in [5.41, 5.74) is 4.52. The molecule has 1 aromatic heterocycles. The molecule has 104 valence electrons. The van der Waals surface area contributed by atoms with Gasteiger partial charge >= 0.3 is 0 Å². The molecule has 2 aromatic rings. The predicted octanol–water partition coefficient (Wildman–Crippen LogP) is 2.82. The van der Waals surface area contributed by atoms with E-state index in [-0.39, 0.29) is 5.91 Å². The van der Waals surface area contributed by atoms with E-state index in [4.69, 9.17) is 17.4 Å². The molecular formula is C13H13ClN4OS. The first-order valence-electron chi connectivity index (χ1n) is 6.23. The number of nitrogen functional groups attached to an aromatic ring is 1. The summed E-state index contributed by atoms with van der Waals surface area (Å²) in [6.07, 6.45) is 3.20. The Hall–Kier alpha value is -1.63. The summed E-state index contributed by atoms with van der Waals surface area (Å²) >= 11 is 7.46. The van der Waals surface area contributed by atoms with Gasteiger partial charge in [-0.3, -0.25) is 16.0 Å². The monoisotopic (exact) mass is 308 g/mol. The Labute approximate surface area is 125 Å². The van der Waals surface area contributed by atoms with Crippen molar-refractivity contribution in [1.82, 2.24) is 4.98 Å². The number of nitrogens with one attached hydrogen (secondary N) is 2. The van der Waals surface area contributed by atoms with Crippen LogP contribution in [0.2, 0.25) is 5.02 Å². The standard InChI is InChI=1S/C13H13ClN4OS/c14-7-4-5-9(18-15)8(6-7)12(19)17-13-16-10-2-1-3-11(10)20-13/h4-6,18H,1-3,15H2,(H,16,17,19). The molecular weight excluding hydrogens is 296 g/mol. The highest BCUT2D eigenvalue weighted by molar-refractivity contribution is 7.16. The van der Waals surface area contributed by atoms with Crippen LogP contribution >= 0.6 is 22.9 Å². The third-order valence-corrected chi connectivity index (χ3v) is 4.51. The lowest BCUT2D eigenvalue weighted by molar-refractivity contribution is 0.102. The quantitative estimate of drug-likeness (QED) is 0.601. The van der Waals surface area contributed by atoms with E-state index in [1.807, 2.05) is 0 Å². The lowest BCUT2D eigenvalue weighted by Crippen LogP contribution is -2.17. The molecule has 7 heteroatoms. The smallest absolute Gasteiger partial charge is 0.259 e. The van der Waals surface area contributed by atoms with Gasteiger partial charge in [0.25, 0.3) is 5.91 Å². The summed E-state index contributed by atoms with van der Waals surface area (Å²) in [5, 5.41) is 3.91. The molecule has 3 rings (SSSR count). The molecule has 1 aliphatic carbocycles. The molecule has 0 spiro atoms. The number of hydrogen-bond donors (Lipinski definition) is 3. The summed E-state index contributed by atoms with van der Waals surface area (Å²) in [7, 11) is 0. The molecule has 20 heavy (non-hydrogen) atoms. The first-order chi connectivity index (χ1) is 9.67. The van der Waals surface area contributed by atoms with Crippen LogP contribution in [0.5, 0.6) is 0 Å². The minimum Gasteiger partial charge on any atom is -0.323 e. The summed E-state index contributed by atoms with van der Waals surface area (Å²) < 4.78 is 0. The molecule has 0 fully saturated rings. The maximum atomic E-state index is 12.3. The third kappa shape index (κ3) is 2.49. The second kappa shape index (κ2) is 5.40. The van der Waals surface area contributed by atoms with E-state index in [1.54, 1.807) is 18.2 Å². The van der Waals surface area contributed by atoms with Crippen LogP contribution in [0.1, 0.15) is 27.3 Å². The zero-order chi connectivity index (χ0) is 14.1. The second-order valence-corrected chi connectivity index (χ2v) is 6.05. The van der Waals surface area contributed by atoms with Crippen LogP contribution in [0.25, 0.3) is 0 Å². The number of thiazole rings is 1. The van der Waals surface area contributed by atoms with Crippen LogP contribution in [0.4, 0.5) is 10.8 Å². The molecule has 1 aliphatic rings. The van der Waals surface area contributed by atoms with Crippen molar-refractivity contribution in [1.29, 1.82) is 0 Å². The van der Waals surface area contributed by atoms with Gasteiger partial charge in [0.2, 0.25) is 0 Å². The number of amides is 1. The SMILES string of the molecule is NNc1ccc(Cl)cc1C(=O)Nc1nc2c(s1)CCC2. The first-order valence-corrected chi connectivity index (χ1v) is 7.43. The van der Waals surface area contributed by atoms with E-state index in [9.17, 15) is 4.79 Å². The molecule has 0 saturated heterocycles. The van der Waals surface area contributed by atoms with Gasteiger partial charge in [0.15, 0.2) is 5.13 Å². The van der Waals surface area contributed by atoms with E-state index in [0.717, 1.165) is 25.0 Å². The summed E-state index contributed by atoms with van der Waals surface area (Å²) in [6.45, 7) is 0. The Morgan fingerprint density at radius 1 is 1.40 bits per heavy atom. The van der Waals surface area contributed by atoms with Crippen molar-refractivity contribution in [3.8, 4) is 0 Å². The largest absolute Gasteiger partial charge is 0.323 e. The number of rotatable bonds is 3. The number of halogens is 1. The van der Waals surface area contributed by atoms with Gasteiger partial charge in [-0.1, -0.05) is 11.6 Å². The molecule has 5 nitrogen and oxygen atoms in total. The minimum absolute atomic E-state index is 0.270. The van der Waals surface area contributed by atoms with E-state index in [1.165, 1.54) is 16.2 Å². The number of aromatic nitrogens is 1. The number of hydrogen-bond acceptors (Lipinski definition) is 5. The highest BCUT2D eigenvalue weighted by atomic mass is 35.5. The highest BCUT2D eigenvalue weighted by Crippen LogP contribution is 2.31. The van der Waals surface area contributed by atoms with E-state index < -0.39 is 0 Å². The fraction of sp³-hybridized carbons (Fsp3) is 0.231. The van der Waals surface area contributed by atoms with Gasteiger partial charge < -0.3 is 5.43 Å². The Morgan fingerprint density at radius 3 is 3.00 bits per heavy atom. The molecule has 0 unspecified atom stereocenters. The average molecular weight is 309 g/mol. The molecule has 4 N–H and O–H groups in total. The van der Waals surface area contributed by atoms with Gasteiger partial charge in [-0.05, 0) is 37.5 Å². The summed E-state index contributed by atoms with van der Waals surface area (Å²) in [6, 6.07) is 4.91. The van der Waals surface area contributed by atoms with Gasteiger partial charge in [0.05, 0.1) is 16.9 Å². The molecule has 0 radical (unpaired) electrons. The molecule has 1 heterocycles. The lowest BCUT2D eigenvalue weighted by atomic mass is 10.1. The van der Waals surface area contributed by atoms with Crippen molar-refractivity contribution in [3.63, 3.8) is 0 Å². The Bertz CT molecular complexity index is 649. The zero-order valence-corrected chi connectivity index (χ0v) is 12.1. The Kier molecular flexibility index (Phi) is 3.60. The van der Waals surface area contributed by atoms with E-state index in [2.05, 4.69) is 15.7 Å². The summed E-state index contributed by atoms with van der Waals surface area (Å²) in [5.74, 6) is 5.13. The van der Waals surface area contributed by atoms with Crippen molar-refractivity contribution in [2.45, 2.75) is 19.3 Å². The van der Waals surface area contributed by atoms with E-state index in [0.29, 0.717) is 21.4 Å². The van der Waals surface area contributed by atoms with Gasteiger partial charge in [-0.15, -0.1) is 11.3 Å². The second-order valence-electron chi connectivity index (χ2n) is 4.53. The van der Waals surface area contributed by atoms with Crippen LogP contribution in [-0.2, 0) is 12.8 Å². The normalized spacial score (nSPS) is 13.1. The van der Waals surface area contributed by atoms with Crippen molar-refractivity contribution in [3.05, 3.63) is 39.4 Å². The van der Waals surface area contributed by atoms with Gasteiger partial charge in [-0.2, -0.15) is 0 Å².